The van der Waals surface area contributed by atoms with Gasteiger partial charge in [-0.25, -0.2) is 4.79 Å². The van der Waals surface area contributed by atoms with E-state index in [1.54, 1.807) is 0 Å². The molecule has 4 nitrogen and oxygen atoms in total. The molecular weight excluding hydrogens is 334 g/mol. The van der Waals surface area contributed by atoms with Crippen LogP contribution in [0.1, 0.15) is 75.3 Å². The van der Waals surface area contributed by atoms with E-state index in [4.69, 9.17) is 0 Å². The zero-order valence-electron chi connectivity index (χ0n) is 17.0. The SMILES string of the molecule is Cc1cccc(C)c1NC(=O)NC1CC2CCCC(C1)N2C1CCCCC1. The van der Waals surface area contributed by atoms with Crippen molar-refractivity contribution in [2.45, 2.75) is 102 Å². The number of nitrogens with zero attached hydrogens (tertiary/aromatic N) is 1. The molecule has 3 fully saturated rings. The smallest absolute Gasteiger partial charge is 0.319 e. The van der Waals surface area contributed by atoms with Gasteiger partial charge in [-0.15, -0.1) is 0 Å². The molecule has 2 saturated heterocycles. The van der Waals surface area contributed by atoms with E-state index in [0.717, 1.165) is 35.7 Å². The molecule has 148 valence electrons. The summed E-state index contributed by atoms with van der Waals surface area (Å²) in [4.78, 5) is 15.5. The van der Waals surface area contributed by atoms with Crippen molar-refractivity contribution in [1.82, 2.24) is 10.2 Å². The third-order valence-electron chi connectivity index (χ3n) is 7.08. The average Bonchev–Trinajstić information content (AvgIpc) is 2.65. The summed E-state index contributed by atoms with van der Waals surface area (Å²) < 4.78 is 0. The van der Waals surface area contributed by atoms with Crippen molar-refractivity contribution < 1.29 is 4.79 Å². The summed E-state index contributed by atoms with van der Waals surface area (Å²) >= 11 is 0. The molecule has 2 heterocycles. The molecule has 1 saturated carbocycles. The summed E-state index contributed by atoms with van der Waals surface area (Å²) in [6.07, 6.45) is 13.2. The fourth-order valence-corrected chi connectivity index (χ4v) is 5.86. The molecule has 2 bridgehead atoms. The number of rotatable bonds is 3. The minimum absolute atomic E-state index is 0.0402. The monoisotopic (exact) mass is 369 g/mol. The quantitative estimate of drug-likeness (QED) is 0.774. The Kier molecular flexibility index (Phi) is 5.72. The Balaban J connectivity index is 1.38. The lowest BCUT2D eigenvalue weighted by molar-refractivity contribution is -0.0202. The molecule has 4 heteroatoms. The summed E-state index contributed by atoms with van der Waals surface area (Å²) in [5.74, 6) is 0. The summed E-state index contributed by atoms with van der Waals surface area (Å²) in [6.45, 7) is 4.10. The van der Waals surface area contributed by atoms with Crippen LogP contribution in [0.4, 0.5) is 10.5 Å². The number of urea groups is 1. The van der Waals surface area contributed by atoms with E-state index in [1.165, 1.54) is 51.4 Å². The van der Waals surface area contributed by atoms with Gasteiger partial charge >= 0.3 is 6.03 Å². The molecule has 2 N–H and O–H groups in total. The van der Waals surface area contributed by atoms with Crippen molar-refractivity contribution in [3.63, 3.8) is 0 Å². The van der Waals surface area contributed by atoms with Crippen molar-refractivity contribution in [2.24, 2.45) is 0 Å². The average molecular weight is 370 g/mol. The zero-order valence-corrected chi connectivity index (χ0v) is 17.0. The predicted octanol–water partition coefficient (Wildman–Crippen LogP) is 5.14. The molecule has 2 amide bonds. The van der Waals surface area contributed by atoms with Crippen LogP contribution >= 0.6 is 0 Å². The minimum Gasteiger partial charge on any atom is -0.335 e. The lowest BCUT2D eigenvalue weighted by atomic mass is 9.78. The van der Waals surface area contributed by atoms with Gasteiger partial charge in [-0.3, -0.25) is 4.90 Å². The lowest BCUT2D eigenvalue weighted by Gasteiger charge is -2.53. The maximum absolute atomic E-state index is 12.7. The number of piperidine rings is 2. The topological polar surface area (TPSA) is 44.4 Å². The molecule has 3 aliphatic rings. The second kappa shape index (κ2) is 8.22. The number of carbonyl (C=O) groups excluding carboxylic acids is 1. The number of fused-ring (bicyclic) bond motifs is 2. The molecule has 1 aromatic carbocycles. The van der Waals surface area contributed by atoms with E-state index in [2.05, 4.69) is 41.5 Å². The standard InChI is InChI=1S/C23H35N3O/c1-16-8-6-9-17(2)22(16)25-23(27)24-18-14-20-12-7-13-21(15-18)26(20)19-10-4-3-5-11-19/h6,8-9,18-21H,3-5,7,10-15H2,1-2H3,(H2,24,25,27). The van der Waals surface area contributed by atoms with Gasteiger partial charge in [-0.05, 0) is 63.5 Å². The van der Waals surface area contributed by atoms with Gasteiger partial charge in [0.1, 0.15) is 0 Å². The van der Waals surface area contributed by atoms with E-state index >= 15 is 0 Å². The molecule has 0 radical (unpaired) electrons. The van der Waals surface area contributed by atoms with Gasteiger partial charge in [0.15, 0.2) is 0 Å². The summed E-state index contributed by atoms with van der Waals surface area (Å²) in [6, 6.07) is 8.56. The first-order valence-corrected chi connectivity index (χ1v) is 11.0. The van der Waals surface area contributed by atoms with Crippen molar-refractivity contribution in [3.8, 4) is 0 Å². The Bertz CT molecular complexity index is 633. The fraction of sp³-hybridized carbons (Fsp3) is 0.696. The van der Waals surface area contributed by atoms with E-state index in [1.807, 2.05) is 6.07 Å². The molecule has 27 heavy (non-hydrogen) atoms. The minimum atomic E-state index is -0.0402. The van der Waals surface area contributed by atoms with E-state index < -0.39 is 0 Å². The molecule has 2 atom stereocenters. The van der Waals surface area contributed by atoms with Gasteiger partial charge in [0.2, 0.25) is 0 Å². The van der Waals surface area contributed by atoms with Crippen LogP contribution in [-0.2, 0) is 0 Å². The van der Waals surface area contributed by atoms with Crippen LogP contribution in [0, 0.1) is 13.8 Å². The van der Waals surface area contributed by atoms with Crippen LogP contribution in [-0.4, -0.2) is 35.1 Å². The third kappa shape index (κ3) is 4.16. The largest absolute Gasteiger partial charge is 0.335 e. The van der Waals surface area contributed by atoms with E-state index in [0.29, 0.717) is 18.1 Å². The highest BCUT2D eigenvalue weighted by Gasteiger charge is 2.42. The van der Waals surface area contributed by atoms with Gasteiger partial charge in [0, 0.05) is 29.9 Å². The highest BCUT2D eigenvalue weighted by Crippen LogP contribution is 2.39. The fourth-order valence-electron chi connectivity index (χ4n) is 5.86. The van der Waals surface area contributed by atoms with Crippen LogP contribution in [0.15, 0.2) is 18.2 Å². The van der Waals surface area contributed by atoms with Gasteiger partial charge in [-0.1, -0.05) is 43.9 Å². The van der Waals surface area contributed by atoms with Crippen molar-refractivity contribution in [2.75, 3.05) is 5.32 Å². The normalized spacial score (nSPS) is 29.3. The van der Waals surface area contributed by atoms with Crippen LogP contribution in [0.5, 0.6) is 0 Å². The molecule has 1 aromatic rings. The number of carbonyl (C=O) groups is 1. The molecular formula is C23H35N3O. The Hall–Kier alpha value is -1.55. The Morgan fingerprint density at radius 1 is 0.889 bits per heavy atom. The number of aryl methyl sites for hydroxylation is 2. The number of para-hydroxylation sites is 1. The first-order valence-electron chi connectivity index (χ1n) is 11.0. The third-order valence-corrected chi connectivity index (χ3v) is 7.08. The van der Waals surface area contributed by atoms with E-state index in [-0.39, 0.29) is 6.03 Å². The van der Waals surface area contributed by atoms with Gasteiger partial charge in [-0.2, -0.15) is 0 Å². The second-order valence-electron chi connectivity index (χ2n) is 9.01. The Morgan fingerprint density at radius 3 is 2.11 bits per heavy atom. The lowest BCUT2D eigenvalue weighted by Crippen LogP contribution is -2.60. The highest BCUT2D eigenvalue weighted by molar-refractivity contribution is 5.91. The number of benzene rings is 1. The predicted molar refractivity (Wildman–Crippen MR) is 111 cm³/mol. The summed E-state index contributed by atoms with van der Waals surface area (Å²) in [5.41, 5.74) is 3.19. The molecule has 0 aromatic heterocycles. The van der Waals surface area contributed by atoms with Crippen LogP contribution in [0.2, 0.25) is 0 Å². The first kappa shape index (κ1) is 18.8. The highest BCUT2D eigenvalue weighted by atomic mass is 16.2. The number of hydrogen-bond donors (Lipinski definition) is 2. The number of amides is 2. The Morgan fingerprint density at radius 2 is 1.48 bits per heavy atom. The van der Waals surface area contributed by atoms with Crippen molar-refractivity contribution >= 4 is 11.7 Å². The zero-order chi connectivity index (χ0) is 18.8. The molecule has 0 spiro atoms. The van der Waals surface area contributed by atoms with Crippen LogP contribution in [0.25, 0.3) is 0 Å². The maximum atomic E-state index is 12.7. The number of nitrogens with one attached hydrogen (secondary N) is 2. The van der Waals surface area contributed by atoms with Crippen LogP contribution < -0.4 is 10.6 Å². The summed E-state index contributed by atoms with van der Waals surface area (Å²) in [7, 11) is 0. The second-order valence-corrected chi connectivity index (χ2v) is 9.01. The Labute approximate surface area is 164 Å². The van der Waals surface area contributed by atoms with Crippen molar-refractivity contribution in [1.29, 1.82) is 0 Å². The molecule has 2 unspecified atom stereocenters. The van der Waals surface area contributed by atoms with Crippen molar-refractivity contribution in [3.05, 3.63) is 29.3 Å². The number of hydrogen-bond acceptors (Lipinski definition) is 2. The van der Waals surface area contributed by atoms with E-state index in [9.17, 15) is 4.79 Å². The number of anilines is 1. The molecule has 2 aliphatic heterocycles. The maximum Gasteiger partial charge on any atom is 0.319 e. The van der Waals surface area contributed by atoms with Gasteiger partial charge in [0.05, 0.1) is 0 Å². The first-order chi connectivity index (χ1) is 13.1. The molecule has 1 aliphatic carbocycles. The summed E-state index contributed by atoms with van der Waals surface area (Å²) in [5, 5.41) is 6.40. The van der Waals surface area contributed by atoms with Crippen LogP contribution in [0.3, 0.4) is 0 Å². The van der Waals surface area contributed by atoms with Gasteiger partial charge in [0.25, 0.3) is 0 Å². The molecule has 4 rings (SSSR count). The van der Waals surface area contributed by atoms with Gasteiger partial charge < -0.3 is 10.6 Å².